The summed E-state index contributed by atoms with van der Waals surface area (Å²) in [6.07, 6.45) is 0. The van der Waals surface area contributed by atoms with Gasteiger partial charge in [-0.25, -0.2) is 12.8 Å². The van der Waals surface area contributed by atoms with Gasteiger partial charge in [-0.3, -0.25) is 4.79 Å². The van der Waals surface area contributed by atoms with Crippen molar-refractivity contribution in [1.29, 1.82) is 0 Å². The highest BCUT2D eigenvalue weighted by Gasteiger charge is 2.29. The van der Waals surface area contributed by atoms with Gasteiger partial charge in [0.1, 0.15) is 21.6 Å². The number of nitrogens with one attached hydrogen (secondary N) is 1. The lowest BCUT2D eigenvalue weighted by molar-refractivity contribution is 0.0729. The van der Waals surface area contributed by atoms with Gasteiger partial charge < -0.3 is 14.6 Å². The first kappa shape index (κ1) is 20.1. The van der Waals surface area contributed by atoms with E-state index in [1.807, 2.05) is 0 Å². The zero-order valence-corrected chi connectivity index (χ0v) is 16.5. The molecule has 1 fully saturated rings. The number of carbonyl (C=O) groups is 1. The highest BCUT2D eigenvalue weighted by molar-refractivity contribution is 7.89. The van der Waals surface area contributed by atoms with Crippen molar-refractivity contribution in [1.82, 2.24) is 8.87 Å². The summed E-state index contributed by atoms with van der Waals surface area (Å²) in [5, 5.41) is 2.93. The van der Waals surface area contributed by atoms with Gasteiger partial charge in [-0.1, -0.05) is 23.2 Å². The molecule has 2 heterocycles. The molecule has 0 spiro atoms. The molecule has 0 radical (unpaired) electrons. The molecule has 0 atom stereocenters. The fraction of sp³-hybridized carbons (Fsp3) is 0.312. The molecule has 7 nitrogen and oxygen atoms in total. The predicted molar refractivity (Wildman–Crippen MR) is 99.4 cm³/mol. The standard InChI is InChI=1S/C16H16Cl2FN3O4S/c1-21-13(9-11(17)15(21)18)16(23)20-10-2-3-12(19)14(8-10)27(24,25)22-4-6-26-7-5-22/h2-3,8-9H,4-7H2,1H3,(H,20,23). The number of hydrogen-bond donors (Lipinski definition) is 1. The van der Waals surface area contributed by atoms with Crippen LogP contribution in [0.5, 0.6) is 0 Å². The van der Waals surface area contributed by atoms with Crippen molar-refractivity contribution < 1.29 is 22.3 Å². The summed E-state index contributed by atoms with van der Waals surface area (Å²) in [5.74, 6) is -1.46. The van der Waals surface area contributed by atoms with Crippen LogP contribution >= 0.6 is 23.2 Å². The number of benzene rings is 1. The van der Waals surface area contributed by atoms with Gasteiger partial charge in [0.2, 0.25) is 10.0 Å². The van der Waals surface area contributed by atoms with Crippen molar-refractivity contribution in [3.63, 3.8) is 0 Å². The first-order valence-corrected chi connectivity index (χ1v) is 10.1. The van der Waals surface area contributed by atoms with Crippen LogP contribution in [-0.2, 0) is 21.8 Å². The predicted octanol–water partition coefficient (Wildman–Crippen LogP) is 2.74. The second-order valence-electron chi connectivity index (χ2n) is 5.84. The second-order valence-corrected chi connectivity index (χ2v) is 8.51. The molecule has 1 aliphatic rings. The minimum Gasteiger partial charge on any atom is -0.379 e. The van der Waals surface area contributed by atoms with E-state index in [0.717, 1.165) is 16.4 Å². The third-order valence-electron chi connectivity index (χ3n) is 4.13. The number of rotatable bonds is 4. The third-order valence-corrected chi connectivity index (χ3v) is 6.88. The number of halogens is 3. The van der Waals surface area contributed by atoms with Crippen LogP contribution in [0.3, 0.4) is 0 Å². The Labute approximate surface area is 165 Å². The Bertz CT molecular complexity index is 988. The van der Waals surface area contributed by atoms with Crippen LogP contribution < -0.4 is 5.32 Å². The van der Waals surface area contributed by atoms with Gasteiger partial charge in [-0.15, -0.1) is 0 Å². The van der Waals surface area contributed by atoms with Crippen molar-refractivity contribution in [2.75, 3.05) is 31.6 Å². The number of hydrogen-bond acceptors (Lipinski definition) is 4. The van der Waals surface area contributed by atoms with E-state index in [-0.39, 0.29) is 47.9 Å². The van der Waals surface area contributed by atoms with Crippen LogP contribution in [0.25, 0.3) is 0 Å². The monoisotopic (exact) mass is 435 g/mol. The van der Waals surface area contributed by atoms with E-state index in [1.165, 1.54) is 16.7 Å². The van der Waals surface area contributed by atoms with Crippen LogP contribution in [-0.4, -0.2) is 49.5 Å². The van der Waals surface area contributed by atoms with Crippen molar-refractivity contribution >= 4 is 44.8 Å². The van der Waals surface area contributed by atoms with Gasteiger partial charge >= 0.3 is 0 Å². The number of sulfonamides is 1. The van der Waals surface area contributed by atoms with E-state index in [0.29, 0.717) is 0 Å². The molecule has 11 heteroatoms. The van der Waals surface area contributed by atoms with Gasteiger partial charge in [-0.2, -0.15) is 4.31 Å². The minimum absolute atomic E-state index is 0.127. The summed E-state index contributed by atoms with van der Waals surface area (Å²) < 4.78 is 47.3. The number of nitrogens with zero attached hydrogens (tertiary/aromatic N) is 2. The van der Waals surface area contributed by atoms with E-state index in [4.69, 9.17) is 27.9 Å². The molecule has 0 unspecified atom stereocenters. The molecule has 1 saturated heterocycles. The topological polar surface area (TPSA) is 80.6 Å². The molecule has 146 valence electrons. The molecule has 2 aromatic rings. The highest BCUT2D eigenvalue weighted by Crippen LogP contribution is 2.27. The molecule has 1 aliphatic heterocycles. The summed E-state index contributed by atoms with van der Waals surface area (Å²) in [7, 11) is -2.49. The van der Waals surface area contributed by atoms with Gasteiger partial charge in [0, 0.05) is 25.8 Å². The Hall–Kier alpha value is -1.65. The Balaban J connectivity index is 1.89. The van der Waals surface area contributed by atoms with Gasteiger partial charge in [-0.05, 0) is 24.3 Å². The molecule has 1 N–H and O–H groups in total. The molecule has 27 heavy (non-hydrogen) atoms. The molecule has 3 rings (SSSR count). The zero-order valence-electron chi connectivity index (χ0n) is 14.2. The van der Waals surface area contributed by atoms with Crippen LogP contribution in [0.4, 0.5) is 10.1 Å². The summed E-state index contributed by atoms with van der Waals surface area (Å²) in [4.78, 5) is 11.9. The molecule has 1 aromatic heterocycles. The summed E-state index contributed by atoms with van der Waals surface area (Å²) in [5.41, 5.74) is 0.300. The summed E-state index contributed by atoms with van der Waals surface area (Å²) in [6.45, 7) is 0.760. The number of aromatic nitrogens is 1. The first-order valence-electron chi connectivity index (χ1n) is 7.91. The van der Waals surface area contributed by atoms with E-state index in [9.17, 15) is 17.6 Å². The summed E-state index contributed by atoms with van der Waals surface area (Å²) in [6, 6.07) is 4.74. The number of anilines is 1. The Morgan fingerprint density at radius 2 is 1.89 bits per heavy atom. The Kier molecular flexibility index (Phi) is 5.78. The van der Waals surface area contributed by atoms with Crippen molar-refractivity contribution in [2.45, 2.75) is 4.90 Å². The molecular weight excluding hydrogens is 420 g/mol. The van der Waals surface area contributed by atoms with Crippen LogP contribution in [0, 0.1) is 5.82 Å². The van der Waals surface area contributed by atoms with E-state index >= 15 is 0 Å². The lowest BCUT2D eigenvalue weighted by atomic mass is 10.3. The maximum absolute atomic E-state index is 14.2. The maximum atomic E-state index is 14.2. The third kappa shape index (κ3) is 3.97. The average molecular weight is 436 g/mol. The fourth-order valence-corrected chi connectivity index (χ4v) is 4.53. The lowest BCUT2D eigenvalue weighted by Crippen LogP contribution is -2.40. The van der Waals surface area contributed by atoms with E-state index in [2.05, 4.69) is 5.32 Å². The molecular formula is C16H16Cl2FN3O4S. The molecule has 1 amide bonds. The largest absolute Gasteiger partial charge is 0.379 e. The Morgan fingerprint density at radius 3 is 2.48 bits per heavy atom. The van der Waals surface area contributed by atoms with Gasteiger partial charge in [0.25, 0.3) is 5.91 Å². The van der Waals surface area contributed by atoms with Gasteiger partial charge in [0.15, 0.2) is 0 Å². The van der Waals surface area contributed by atoms with E-state index < -0.39 is 26.6 Å². The lowest BCUT2D eigenvalue weighted by Gasteiger charge is -2.26. The normalized spacial score (nSPS) is 15.7. The smallest absolute Gasteiger partial charge is 0.272 e. The number of morpholine rings is 1. The number of carbonyl (C=O) groups excluding carboxylic acids is 1. The van der Waals surface area contributed by atoms with Crippen LogP contribution in [0.15, 0.2) is 29.2 Å². The van der Waals surface area contributed by atoms with Crippen LogP contribution in [0.2, 0.25) is 10.2 Å². The fourth-order valence-electron chi connectivity index (χ4n) is 2.66. The first-order chi connectivity index (χ1) is 12.7. The maximum Gasteiger partial charge on any atom is 0.272 e. The minimum atomic E-state index is -4.05. The Morgan fingerprint density at radius 1 is 1.22 bits per heavy atom. The van der Waals surface area contributed by atoms with Gasteiger partial charge in [0.05, 0.1) is 18.2 Å². The molecule has 1 aromatic carbocycles. The van der Waals surface area contributed by atoms with E-state index in [1.54, 1.807) is 7.05 Å². The summed E-state index contributed by atoms with van der Waals surface area (Å²) >= 11 is 11.8. The second kappa shape index (κ2) is 7.76. The highest BCUT2D eigenvalue weighted by atomic mass is 35.5. The number of ether oxygens (including phenoxy) is 1. The molecule has 0 saturated carbocycles. The van der Waals surface area contributed by atoms with Crippen molar-refractivity contribution in [3.05, 3.63) is 46.0 Å². The van der Waals surface area contributed by atoms with Crippen LogP contribution in [0.1, 0.15) is 10.5 Å². The number of amides is 1. The van der Waals surface area contributed by atoms with Crippen molar-refractivity contribution in [3.8, 4) is 0 Å². The van der Waals surface area contributed by atoms with Crippen molar-refractivity contribution in [2.24, 2.45) is 7.05 Å². The molecule has 0 aliphatic carbocycles. The molecule has 0 bridgehead atoms. The quantitative estimate of drug-likeness (QED) is 0.800. The average Bonchev–Trinajstić information content (AvgIpc) is 2.91. The SMILES string of the molecule is Cn1c(C(=O)Nc2ccc(F)c(S(=O)(=O)N3CCOCC3)c2)cc(Cl)c1Cl. The zero-order chi connectivity index (χ0) is 19.8.